The van der Waals surface area contributed by atoms with Crippen LogP contribution in [0.25, 0.3) is 0 Å². The Morgan fingerprint density at radius 3 is 2.70 bits per heavy atom. The van der Waals surface area contributed by atoms with Gasteiger partial charge in [-0.2, -0.15) is 0 Å². The lowest BCUT2D eigenvalue weighted by atomic mass is 10.1. The van der Waals surface area contributed by atoms with Crippen LogP contribution in [-0.4, -0.2) is 28.0 Å². The van der Waals surface area contributed by atoms with Crippen molar-refractivity contribution < 1.29 is 9.72 Å². The average Bonchev–Trinajstić information content (AvgIpc) is 3.04. The molecular formula is C16H13ClN2O3S. The fourth-order valence-corrected chi connectivity index (χ4v) is 3.88. The molecule has 0 aromatic heterocycles. The van der Waals surface area contributed by atoms with E-state index in [1.165, 1.54) is 18.2 Å². The average molecular weight is 349 g/mol. The van der Waals surface area contributed by atoms with E-state index in [9.17, 15) is 14.9 Å². The Kier molecular flexibility index (Phi) is 4.54. The van der Waals surface area contributed by atoms with Crippen LogP contribution in [0.5, 0.6) is 0 Å². The summed E-state index contributed by atoms with van der Waals surface area (Å²) in [6.45, 7) is 0.611. The number of nitro benzene ring substituents is 1. The van der Waals surface area contributed by atoms with Gasteiger partial charge in [-0.1, -0.05) is 29.8 Å². The number of thioether (sulfide) groups is 1. The van der Waals surface area contributed by atoms with Gasteiger partial charge in [0.15, 0.2) is 0 Å². The smallest absolute Gasteiger partial charge is 0.270 e. The number of halogens is 1. The molecule has 3 rings (SSSR count). The molecule has 1 heterocycles. The van der Waals surface area contributed by atoms with Crippen molar-refractivity contribution in [1.29, 1.82) is 0 Å². The number of amides is 1. The maximum Gasteiger partial charge on any atom is 0.270 e. The summed E-state index contributed by atoms with van der Waals surface area (Å²) in [5.41, 5.74) is 1.25. The van der Waals surface area contributed by atoms with Crippen molar-refractivity contribution in [3.8, 4) is 0 Å². The summed E-state index contributed by atoms with van der Waals surface area (Å²) in [6.07, 6.45) is 0. The van der Waals surface area contributed by atoms with Crippen LogP contribution in [-0.2, 0) is 0 Å². The molecular weight excluding hydrogens is 336 g/mol. The van der Waals surface area contributed by atoms with Crippen LogP contribution in [0.15, 0.2) is 48.5 Å². The molecule has 118 valence electrons. The van der Waals surface area contributed by atoms with Crippen LogP contribution in [0, 0.1) is 10.1 Å². The van der Waals surface area contributed by atoms with E-state index in [0.717, 1.165) is 11.3 Å². The quantitative estimate of drug-likeness (QED) is 0.617. The summed E-state index contributed by atoms with van der Waals surface area (Å²) in [7, 11) is 0. The SMILES string of the molecule is O=C(c1cccc([N+](=O)[O-])c1)N1CCS[C@@H]1c1ccc(Cl)cc1. The number of nitrogens with zero attached hydrogens (tertiary/aromatic N) is 2. The molecule has 2 aromatic rings. The second-order valence-electron chi connectivity index (χ2n) is 5.08. The Morgan fingerprint density at radius 2 is 2.00 bits per heavy atom. The molecule has 0 N–H and O–H groups in total. The minimum Gasteiger partial charge on any atom is -0.322 e. The zero-order chi connectivity index (χ0) is 16.4. The van der Waals surface area contributed by atoms with Crippen molar-refractivity contribution in [3.05, 3.63) is 74.8 Å². The largest absolute Gasteiger partial charge is 0.322 e. The Bertz CT molecular complexity index is 751. The van der Waals surface area contributed by atoms with E-state index in [0.29, 0.717) is 17.1 Å². The van der Waals surface area contributed by atoms with Crippen molar-refractivity contribution in [3.63, 3.8) is 0 Å². The summed E-state index contributed by atoms with van der Waals surface area (Å²) in [5, 5.41) is 11.4. The molecule has 23 heavy (non-hydrogen) atoms. The van der Waals surface area contributed by atoms with E-state index in [1.807, 2.05) is 12.1 Å². The molecule has 2 aromatic carbocycles. The molecule has 0 aliphatic carbocycles. The predicted octanol–water partition coefficient (Wildman–Crippen LogP) is 4.14. The van der Waals surface area contributed by atoms with Crippen LogP contribution in [0.1, 0.15) is 21.3 Å². The van der Waals surface area contributed by atoms with Crippen LogP contribution >= 0.6 is 23.4 Å². The number of hydrogen-bond acceptors (Lipinski definition) is 4. The van der Waals surface area contributed by atoms with E-state index < -0.39 is 4.92 Å². The summed E-state index contributed by atoms with van der Waals surface area (Å²) in [4.78, 5) is 24.9. The molecule has 7 heteroatoms. The molecule has 1 aliphatic rings. The van der Waals surface area contributed by atoms with Crippen LogP contribution in [0.3, 0.4) is 0 Å². The number of nitro groups is 1. The van der Waals surface area contributed by atoms with Crippen molar-refractivity contribution >= 4 is 35.0 Å². The van der Waals surface area contributed by atoms with Gasteiger partial charge in [-0.3, -0.25) is 14.9 Å². The van der Waals surface area contributed by atoms with Gasteiger partial charge in [0.1, 0.15) is 5.37 Å². The van der Waals surface area contributed by atoms with Gasteiger partial charge in [-0.25, -0.2) is 0 Å². The Morgan fingerprint density at radius 1 is 1.26 bits per heavy atom. The van der Waals surface area contributed by atoms with E-state index in [1.54, 1.807) is 34.9 Å². The third-order valence-corrected chi connectivity index (χ3v) is 5.12. The molecule has 0 saturated carbocycles. The Labute approximate surface area is 142 Å². The van der Waals surface area contributed by atoms with Crippen LogP contribution in [0.4, 0.5) is 5.69 Å². The normalized spacial score (nSPS) is 17.3. The standard InChI is InChI=1S/C16H13ClN2O3S/c17-13-6-4-11(5-7-13)16-18(8-9-23-16)15(20)12-2-1-3-14(10-12)19(21)22/h1-7,10,16H,8-9H2/t16-/m1/s1. The van der Waals surface area contributed by atoms with E-state index >= 15 is 0 Å². The maximum atomic E-state index is 12.7. The van der Waals surface area contributed by atoms with Gasteiger partial charge in [0, 0.05) is 35.0 Å². The van der Waals surface area contributed by atoms with Crippen LogP contribution in [0.2, 0.25) is 5.02 Å². The third-order valence-electron chi connectivity index (χ3n) is 3.61. The highest BCUT2D eigenvalue weighted by atomic mass is 35.5. The minimum absolute atomic E-state index is 0.0780. The van der Waals surface area contributed by atoms with Gasteiger partial charge >= 0.3 is 0 Å². The second kappa shape index (κ2) is 6.60. The lowest BCUT2D eigenvalue weighted by Crippen LogP contribution is -2.30. The maximum absolute atomic E-state index is 12.7. The first-order chi connectivity index (χ1) is 11.1. The first kappa shape index (κ1) is 15.8. The number of non-ortho nitro benzene ring substituents is 1. The summed E-state index contributed by atoms with van der Waals surface area (Å²) >= 11 is 7.58. The number of carbonyl (C=O) groups excluding carboxylic acids is 1. The molecule has 0 radical (unpaired) electrons. The topological polar surface area (TPSA) is 63.4 Å². The van der Waals surface area contributed by atoms with Gasteiger partial charge < -0.3 is 4.90 Å². The monoisotopic (exact) mass is 348 g/mol. The number of carbonyl (C=O) groups is 1. The van der Waals surface area contributed by atoms with Crippen LogP contribution < -0.4 is 0 Å². The van der Waals surface area contributed by atoms with Crippen molar-refractivity contribution in [1.82, 2.24) is 4.90 Å². The molecule has 0 bridgehead atoms. The Hall–Kier alpha value is -2.05. The van der Waals surface area contributed by atoms with E-state index in [-0.39, 0.29) is 17.0 Å². The molecule has 1 fully saturated rings. The summed E-state index contributed by atoms with van der Waals surface area (Å²) < 4.78 is 0. The zero-order valence-corrected chi connectivity index (χ0v) is 13.6. The van der Waals surface area contributed by atoms with Gasteiger partial charge in [-0.15, -0.1) is 11.8 Å². The van der Waals surface area contributed by atoms with E-state index in [4.69, 9.17) is 11.6 Å². The van der Waals surface area contributed by atoms with Gasteiger partial charge in [0.25, 0.3) is 11.6 Å². The molecule has 1 atom stereocenters. The molecule has 1 amide bonds. The summed E-state index contributed by atoms with van der Waals surface area (Å²) in [5.74, 6) is 0.632. The zero-order valence-electron chi connectivity index (χ0n) is 12.0. The highest BCUT2D eigenvalue weighted by Gasteiger charge is 2.31. The molecule has 0 unspecified atom stereocenters. The lowest BCUT2D eigenvalue weighted by Gasteiger charge is -2.24. The molecule has 0 spiro atoms. The highest BCUT2D eigenvalue weighted by Crippen LogP contribution is 2.39. The summed E-state index contributed by atoms with van der Waals surface area (Å²) in [6, 6.07) is 13.2. The first-order valence-corrected chi connectivity index (χ1v) is 8.41. The number of benzene rings is 2. The number of rotatable bonds is 3. The van der Waals surface area contributed by atoms with Crippen molar-refractivity contribution in [2.24, 2.45) is 0 Å². The lowest BCUT2D eigenvalue weighted by molar-refractivity contribution is -0.384. The van der Waals surface area contributed by atoms with Gasteiger partial charge in [0.05, 0.1) is 4.92 Å². The van der Waals surface area contributed by atoms with Gasteiger partial charge in [0.2, 0.25) is 0 Å². The molecule has 1 aliphatic heterocycles. The number of hydrogen-bond donors (Lipinski definition) is 0. The van der Waals surface area contributed by atoms with Crippen molar-refractivity contribution in [2.75, 3.05) is 12.3 Å². The fraction of sp³-hybridized carbons (Fsp3) is 0.188. The fourth-order valence-electron chi connectivity index (χ4n) is 2.50. The second-order valence-corrected chi connectivity index (χ2v) is 6.71. The minimum atomic E-state index is -0.494. The highest BCUT2D eigenvalue weighted by molar-refractivity contribution is 7.99. The van der Waals surface area contributed by atoms with Gasteiger partial charge in [-0.05, 0) is 23.8 Å². The third kappa shape index (κ3) is 3.33. The Balaban J connectivity index is 1.87. The van der Waals surface area contributed by atoms with Crippen molar-refractivity contribution in [2.45, 2.75) is 5.37 Å². The molecule has 1 saturated heterocycles. The predicted molar refractivity (Wildman–Crippen MR) is 90.8 cm³/mol. The molecule has 5 nitrogen and oxygen atoms in total. The van der Waals surface area contributed by atoms with E-state index in [2.05, 4.69) is 0 Å². The first-order valence-electron chi connectivity index (χ1n) is 6.99.